The molecule has 0 unspecified atom stereocenters. The van der Waals surface area contributed by atoms with Crippen LogP contribution in [0.4, 0.5) is 8.78 Å². The minimum Gasteiger partial charge on any atom is -0.480 e. The molecule has 1 saturated carbocycles. The number of hydrogen-bond donors (Lipinski definition) is 1. The van der Waals surface area contributed by atoms with Gasteiger partial charge in [-0.15, -0.1) is 0 Å². The maximum atomic E-state index is 13.4. The SMILES string of the molecule is O=C(O)C1(C(=O)c2ccc(F)cc2F)CCC1. The summed E-state index contributed by atoms with van der Waals surface area (Å²) in [5.74, 6) is -3.81. The van der Waals surface area contributed by atoms with Crippen molar-refractivity contribution < 1.29 is 23.5 Å². The van der Waals surface area contributed by atoms with Gasteiger partial charge in [-0.1, -0.05) is 6.42 Å². The van der Waals surface area contributed by atoms with Gasteiger partial charge in [-0.2, -0.15) is 0 Å². The molecule has 1 aliphatic rings. The Labute approximate surface area is 96.1 Å². The fraction of sp³-hybridized carbons (Fsp3) is 0.333. The monoisotopic (exact) mass is 240 g/mol. The van der Waals surface area contributed by atoms with E-state index in [2.05, 4.69) is 0 Å². The molecular formula is C12H10F2O3. The van der Waals surface area contributed by atoms with E-state index < -0.39 is 28.8 Å². The van der Waals surface area contributed by atoms with Gasteiger partial charge in [0.25, 0.3) is 0 Å². The van der Waals surface area contributed by atoms with Crippen LogP contribution in [0.5, 0.6) is 0 Å². The predicted molar refractivity (Wildman–Crippen MR) is 54.6 cm³/mol. The lowest BCUT2D eigenvalue weighted by Gasteiger charge is -2.35. The van der Waals surface area contributed by atoms with Gasteiger partial charge in [-0.25, -0.2) is 8.78 Å². The number of Topliss-reactive ketones (excluding diaryl/α,β-unsaturated/α-hetero) is 1. The molecule has 5 heteroatoms. The van der Waals surface area contributed by atoms with E-state index in [1.54, 1.807) is 0 Å². The van der Waals surface area contributed by atoms with Gasteiger partial charge in [0.2, 0.25) is 0 Å². The van der Waals surface area contributed by atoms with Gasteiger partial charge in [0.15, 0.2) is 5.78 Å². The zero-order chi connectivity index (χ0) is 12.6. The summed E-state index contributed by atoms with van der Waals surface area (Å²) >= 11 is 0. The van der Waals surface area contributed by atoms with E-state index in [1.165, 1.54) is 0 Å². The molecule has 0 amide bonds. The highest BCUT2D eigenvalue weighted by molar-refractivity contribution is 6.12. The lowest BCUT2D eigenvalue weighted by molar-refractivity contribution is -0.150. The van der Waals surface area contributed by atoms with E-state index >= 15 is 0 Å². The third-order valence-electron chi connectivity index (χ3n) is 3.23. The maximum Gasteiger partial charge on any atom is 0.317 e. The Bertz CT molecular complexity index is 493. The van der Waals surface area contributed by atoms with Gasteiger partial charge in [0.05, 0.1) is 5.56 Å². The third kappa shape index (κ3) is 1.71. The number of ketones is 1. The second-order valence-electron chi connectivity index (χ2n) is 4.19. The molecule has 0 atom stereocenters. The van der Waals surface area contributed by atoms with E-state index in [0.717, 1.165) is 12.1 Å². The number of halogens is 2. The molecule has 0 radical (unpaired) electrons. The summed E-state index contributed by atoms with van der Waals surface area (Å²) in [7, 11) is 0. The molecule has 0 saturated heterocycles. The van der Waals surface area contributed by atoms with E-state index in [1.807, 2.05) is 0 Å². The van der Waals surface area contributed by atoms with Crippen LogP contribution in [0, 0.1) is 17.0 Å². The largest absolute Gasteiger partial charge is 0.480 e. The number of hydrogen-bond acceptors (Lipinski definition) is 2. The van der Waals surface area contributed by atoms with E-state index in [0.29, 0.717) is 12.5 Å². The van der Waals surface area contributed by atoms with Crippen molar-refractivity contribution in [3.05, 3.63) is 35.4 Å². The lowest BCUT2D eigenvalue weighted by Crippen LogP contribution is -2.45. The summed E-state index contributed by atoms with van der Waals surface area (Å²) < 4.78 is 26.1. The average molecular weight is 240 g/mol. The van der Waals surface area contributed by atoms with Crippen molar-refractivity contribution in [3.63, 3.8) is 0 Å². The second kappa shape index (κ2) is 3.91. The van der Waals surface area contributed by atoms with Crippen LogP contribution in [0.3, 0.4) is 0 Å². The Morgan fingerprint density at radius 3 is 2.29 bits per heavy atom. The molecule has 1 aromatic rings. The van der Waals surface area contributed by atoms with E-state index in [4.69, 9.17) is 5.11 Å². The smallest absolute Gasteiger partial charge is 0.317 e. The van der Waals surface area contributed by atoms with Crippen molar-refractivity contribution in [1.29, 1.82) is 0 Å². The fourth-order valence-electron chi connectivity index (χ4n) is 2.00. The number of carboxylic acids is 1. The summed E-state index contributed by atoms with van der Waals surface area (Å²) in [6.07, 6.45) is 1.04. The summed E-state index contributed by atoms with van der Waals surface area (Å²) in [6, 6.07) is 2.53. The highest BCUT2D eigenvalue weighted by Crippen LogP contribution is 2.44. The molecule has 0 aliphatic heterocycles. The number of rotatable bonds is 3. The molecule has 1 aromatic carbocycles. The van der Waals surface area contributed by atoms with Crippen molar-refractivity contribution in [2.45, 2.75) is 19.3 Å². The van der Waals surface area contributed by atoms with Crippen LogP contribution in [0.15, 0.2) is 18.2 Å². The molecule has 17 heavy (non-hydrogen) atoms. The summed E-state index contributed by atoms with van der Waals surface area (Å²) in [5.41, 5.74) is -1.87. The summed E-state index contributed by atoms with van der Waals surface area (Å²) in [4.78, 5) is 23.1. The van der Waals surface area contributed by atoms with Crippen molar-refractivity contribution in [3.8, 4) is 0 Å². The van der Waals surface area contributed by atoms with Crippen LogP contribution in [-0.2, 0) is 4.79 Å². The summed E-state index contributed by atoms with van der Waals surface area (Å²) in [5, 5.41) is 9.04. The maximum absolute atomic E-state index is 13.4. The normalized spacial score (nSPS) is 17.3. The number of benzene rings is 1. The predicted octanol–water partition coefficient (Wildman–Crippen LogP) is 2.40. The number of carbonyl (C=O) groups is 2. The van der Waals surface area contributed by atoms with Crippen LogP contribution < -0.4 is 0 Å². The lowest BCUT2D eigenvalue weighted by atomic mass is 9.64. The molecule has 0 heterocycles. The molecule has 1 aliphatic carbocycles. The number of carboxylic acid groups (broad SMARTS) is 1. The van der Waals surface area contributed by atoms with Gasteiger partial charge in [-0.05, 0) is 25.0 Å². The minimum atomic E-state index is -1.52. The Morgan fingerprint density at radius 2 is 1.88 bits per heavy atom. The quantitative estimate of drug-likeness (QED) is 0.652. The van der Waals surface area contributed by atoms with E-state index in [9.17, 15) is 18.4 Å². The highest BCUT2D eigenvalue weighted by Gasteiger charge is 2.51. The van der Waals surface area contributed by atoms with E-state index in [-0.39, 0.29) is 18.4 Å². The molecule has 1 fully saturated rings. The second-order valence-corrected chi connectivity index (χ2v) is 4.19. The van der Waals surface area contributed by atoms with Crippen LogP contribution in [-0.4, -0.2) is 16.9 Å². The standard InChI is InChI=1S/C12H10F2O3/c13-7-2-3-8(9(14)6-7)10(15)12(11(16)17)4-1-5-12/h2-3,6H,1,4-5H2,(H,16,17). The van der Waals surface area contributed by atoms with Crippen LogP contribution >= 0.6 is 0 Å². The van der Waals surface area contributed by atoms with Gasteiger partial charge in [-0.3, -0.25) is 9.59 Å². The Balaban J connectivity index is 2.40. The molecule has 0 spiro atoms. The molecule has 90 valence electrons. The zero-order valence-electron chi connectivity index (χ0n) is 8.87. The topological polar surface area (TPSA) is 54.4 Å². The number of carbonyl (C=O) groups excluding carboxylic acids is 1. The minimum absolute atomic E-state index is 0.206. The van der Waals surface area contributed by atoms with Crippen LogP contribution in [0.2, 0.25) is 0 Å². The first-order valence-corrected chi connectivity index (χ1v) is 5.20. The van der Waals surface area contributed by atoms with Crippen LogP contribution in [0.1, 0.15) is 29.6 Å². The van der Waals surface area contributed by atoms with Crippen molar-refractivity contribution in [1.82, 2.24) is 0 Å². The molecule has 1 N–H and O–H groups in total. The zero-order valence-corrected chi connectivity index (χ0v) is 8.87. The first-order valence-electron chi connectivity index (χ1n) is 5.20. The fourth-order valence-corrected chi connectivity index (χ4v) is 2.00. The van der Waals surface area contributed by atoms with Crippen molar-refractivity contribution in [2.24, 2.45) is 5.41 Å². The van der Waals surface area contributed by atoms with Crippen LogP contribution in [0.25, 0.3) is 0 Å². The van der Waals surface area contributed by atoms with Gasteiger partial charge >= 0.3 is 5.97 Å². The highest BCUT2D eigenvalue weighted by atomic mass is 19.1. The Hall–Kier alpha value is -1.78. The van der Waals surface area contributed by atoms with Gasteiger partial charge in [0, 0.05) is 6.07 Å². The number of aliphatic carboxylic acids is 1. The molecule has 0 bridgehead atoms. The molecule has 2 rings (SSSR count). The Morgan fingerprint density at radius 1 is 1.24 bits per heavy atom. The summed E-state index contributed by atoms with van der Waals surface area (Å²) in [6.45, 7) is 0. The first-order chi connectivity index (χ1) is 7.97. The van der Waals surface area contributed by atoms with Crippen molar-refractivity contribution >= 4 is 11.8 Å². The third-order valence-corrected chi connectivity index (χ3v) is 3.23. The molecule has 0 aromatic heterocycles. The van der Waals surface area contributed by atoms with Gasteiger partial charge in [0.1, 0.15) is 17.0 Å². The molecular weight excluding hydrogens is 230 g/mol. The average Bonchev–Trinajstić information content (AvgIpc) is 2.14. The Kier molecular flexibility index (Phi) is 2.69. The first kappa shape index (κ1) is 11.7. The van der Waals surface area contributed by atoms with Gasteiger partial charge < -0.3 is 5.11 Å². The van der Waals surface area contributed by atoms with Crippen molar-refractivity contribution in [2.75, 3.05) is 0 Å². The molecule has 3 nitrogen and oxygen atoms in total.